The minimum Gasteiger partial charge on any atom is -0.304 e. The van der Waals surface area contributed by atoms with Gasteiger partial charge in [-0.1, -0.05) is 68.2 Å². The molecular weight excluding hydrogens is 490 g/mol. The summed E-state index contributed by atoms with van der Waals surface area (Å²) in [5.74, 6) is 3.36. The second-order valence-electron chi connectivity index (χ2n) is 14.9. The molecule has 0 spiro atoms. The van der Waals surface area contributed by atoms with E-state index in [1.54, 1.807) is 0 Å². The molecule has 0 atom stereocenters. The van der Waals surface area contributed by atoms with Crippen LogP contribution in [-0.2, 0) is 0 Å². The number of likely N-dealkylation sites (tertiary alicyclic amines) is 3. The largest absolute Gasteiger partial charge is 0.304 e. The summed E-state index contributed by atoms with van der Waals surface area (Å²) in [7, 11) is 2.20. The van der Waals surface area contributed by atoms with Gasteiger partial charge in [-0.25, -0.2) is 0 Å². The Morgan fingerprint density at radius 1 is 0.325 bits per heavy atom. The van der Waals surface area contributed by atoms with Crippen LogP contribution in [-0.4, -0.2) is 123 Å². The van der Waals surface area contributed by atoms with Crippen molar-refractivity contribution in [3.63, 3.8) is 0 Å². The third-order valence-electron chi connectivity index (χ3n) is 8.19. The number of piperidine rings is 2. The van der Waals surface area contributed by atoms with Crippen molar-refractivity contribution in [1.29, 1.82) is 0 Å². The molecule has 0 unspecified atom stereocenters. The van der Waals surface area contributed by atoms with Crippen LogP contribution in [0.4, 0.5) is 0 Å². The standard InChI is InChI=1S/C9H20N2.2C9H19N.C8H17N/c1-9(2)8-11-6-4-10(3)5-7-11;2*1-9(2)8-10-6-4-3-5-7-10;1-8(2)7-9-5-3-4-6-9/h9H,4-8H2,1-3H3;2*9H,3-8H2,1-2H3;8H,3-7H2,1-2H3. The lowest BCUT2D eigenvalue weighted by Crippen LogP contribution is -2.45. The van der Waals surface area contributed by atoms with Gasteiger partial charge >= 0.3 is 0 Å². The Labute approximate surface area is 253 Å². The molecule has 5 heteroatoms. The molecule has 0 saturated carbocycles. The van der Waals surface area contributed by atoms with E-state index in [-0.39, 0.29) is 0 Å². The number of rotatable bonds is 8. The van der Waals surface area contributed by atoms with Crippen LogP contribution >= 0.6 is 0 Å². The van der Waals surface area contributed by atoms with E-state index in [2.05, 4.69) is 86.9 Å². The molecule has 0 aromatic carbocycles. The summed E-state index contributed by atoms with van der Waals surface area (Å²) >= 11 is 0. The summed E-state index contributed by atoms with van der Waals surface area (Å²) < 4.78 is 0. The summed E-state index contributed by atoms with van der Waals surface area (Å²) in [6, 6.07) is 0. The van der Waals surface area contributed by atoms with Crippen LogP contribution < -0.4 is 0 Å². The highest BCUT2D eigenvalue weighted by Gasteiger charge is 2.14. The fourth-order valence-electron chi connectivity index (χ4n) is 6.35. The first-order chi connectivity index (χ1) is 19.0. The predicted octanol–water partition coefficient (Wildman–Crippen LogP) is 6.88. The molecule has 0 aromatic rings. The van der Waals surface area contributed by atoms with Gasteiger partial charge in [0.1, 0.15) is 0 Å². The summed E-state index contributed by atoms with van der Waals surface area (Å²) in [5, 5.41) is 0. The molecule has 240 valence electrons. The third kappa shape index (κ3) is 21.5. The molecule has 4 rings (SSSR count). The molecule has 4 saturated heterocycles. The van der Waals surface area contributed by atoms with Crippen molar-refractivity contribution in [1.82, 2.24) is 24.5 Å². The SMILES string of the molecule is CC(C)CN1CCCC1.CC(C)CN1CCCCC1.CC(C)CN1CCCCC1.CC(C)CN1CCN(C)CC1. The molecule has 5 nitrogen and oxygen atoms in total. The fourth-order valence-corrected chi connectivity index (χ4v) is 6.35. The lowest BCUT2D eigenvalue weighted by Gasteiger charge is -2.33. The van der Waals surface area contributed by atoms with Gasteiger partial charge in [0.2, 0.25) is 0 Å². The van der Waals surface area contributed by atoms with Crippen molar-refractivity contribution < 1.29 is 0 Å². The molecule has 0 bridgehead atoms. The van der Waals surface area contributed by atoms with E-state index in [9.17, 15) is 0 Å². The summed E-state index contributed by atoms with van der Waals surface area (Å²) in [6.45, 7) is 36.6. The van der Waals surface area contributed by atoms with E-state index in [1.807, 2.05) is 0 Å². The smallest absolute Gasteiger partial charge is 0.0110 e. The number of piperazine rings is 1. The van der Waals surface area contributed by atoms with Crippen LogP contribution in [0, 0.1) is 23.7 Å². The molecule has 40 heavy (non-hydrogen) atoms. The van der Waals surface area contributed by atoms with E-state index < -0.39 is 0 Å². The Kier molecular flexibility index (Phi) is 22.0. The van der Waals surface area contributed by atoms with Crippen LogP contribution in [0.5, 0.6) is 0 Å². The monoisotopic (exact) mass is 566 g/mol. The average molecular weight is 566 g/mol. The summed E-state index contributed by atoms with van der Waals surface area (Å²) in [4.78, 5) is 12.7. The van der Waals surface area contributed by atoms with Crippen LogP contribution in [0.1, 0.15) is 107 Å². The van der Waals surface area contributed by atoms with Gasteiger partial charge < -0.3 is 24.5 Å². The van der Waals surface area contributed by atoms with Gasteiger partial charge in [-0.05, 0) is 109 Å². The fraction of sp³-hybridized carbons (Fsp3) is 1.00. The van der Waals surface area contributed by atoms with E-state index >= 15 is 0 Å². The molecule has 4 fully saturated rings. The lowest BCUT2D eigenvalue weighted by molar-refractivity contribution is 0.141. The third-order valence-corrected chi connectivity index (χ3v) is 8.19. The van der Waals surface area contributed by atoms with E-state index in [0.29, 0.717) is 0 Å². The van der Waals surface area contributed by atoms with E-state index in [4.69, 9.17) is 0 Å². The van der Waals surface area contributed by atoms with Crippen LogP contribution in [0.25, 0.3) is 0 Å². The highest BCUT2D eigenvalue weighted by molar-refractivity contribution is 4.70. The van der Waals surface area contributed by atoms with Gasteiger partial charge in [0.05, 0.1) is 0 Å². The van der Waals surface area contributed by atoms with Crippen molar-refractivity contribution in [3.8, 4) is 0 Å². The number of hydrogen-bond donors (Lipinski definition) is 0. The van der Waals surface area contributed by atoms with Gasteiger partial charge in [-0.3, -0.25) is 0 Å². The Balaban J connectivity index is 0.000000267. The summed E-state index contributed by atoms with van der Waals surface area (Å²) in [6.07, 6.45) is 11.4. The van der Waals surface area contributed by atoms with Gasteiger partial charge in [-0.2, -0.15) is 0 Å². The molecule has 0 radical (unpaired) electrons. The molecule has 0 amide bonds. The zero-order chi connectivity index (χ0) is 29.8. The molecule has 4 heterocycles. The highest BCUT2D eigenvalue weighted by Crippen LogP contribution is 2.11. The molecule has 0 N–H and O–H groups in total. The topological polar surface area (TPSA) is 16.2 Å². The van der Waals surface area contributed by atoms with Crippen molar-refractivity contribution in [2.75, 3.05) is 98.7 Å². The predicted molar refractivity (Wildman–Crippen MR) is 180 cm³/mol. The maximum Gasteiger partial charge on any atom is 0.0110 e. The second kappa shape index (κ2) is 23.3. The number of likely N-dealkylation sites (N-methyl/N-ethyl adjacent to an activating group) is 1. The van der Waals surface area contributed by atoms with Crippen molar-refractivity contribution in [3.05, 3.63) is 0 Å². The molecular formula is C35H75N5. The van der Waals surface area contributed by atoms with Crippen molar-refractivity contribution >= 4 is 0 Å². The van der Waals surface area contributed by atoms with Gasteiger partial charge in [0.25, 0.3) is 0 Å². The lowest BCUT2D eigenvalue weighted by atomic mass is 10.1. The first-order valence-electron chi connectivity index (χ1n) is 17.6. The maximum absolute atomic E-state index is 2.59. The normalized spacial score (nSPS) is 22.1. The number of nitrogens with zero attached hydrogens (tertiary/aromatic N) is 5. The van der Waals surface area contributed by atoms with Crippen molar-refractivity contribution in [2.24, 2.45) is 23.7 Å². The zero-order valence-electron chi connectivity index (χ0n) is 29.1. The van der Waals surface area contributed by atoms with Gasteiger partial charge in [0, 0.05) is 52.4 Å². The minimum atomic E-state index is 0.818. The van der Waals surface area contributed by atoms with E-state index in [0.717, 1.165) is 23.7 Å². The average Bonchev–Trinajstić information content (AvgIpc) is 3.39. The van der Waals surface area contributed by atoms with Crippen LogP contribution in [0.3, 0.4) is 0 Å². The molecule has 4 aliphatic rings. The first-order valence-corrected chi connectivity index (χ1v) is 17.6. The quantitative estimate of drug-likeness (QED) is 0.318. The maximum atomic E-state index is 2.59. The van der Waals surface area contributed by atoms with Crippen molar-refractivity contribution in [2.45, 2.75) is 107 Å². The van der Waals surface area contributed by atoms with E-state index in [1.165, 1.54) is 143 Å². The second-order valence-corrected chi connectivity index (χ2v) is 14.9. The Bertz CT molecular complexity index is 514. The first kappa shape index (κ1) is 37.8. The number of hydrogen-bond acceptors (Lipinski definition) is 5. The zero-order valence-corrected chi connectivity index (χ0v) is 29.1. The molecule has 0 aliphatic carbocycles. The van der Waals surface area contributed by atoms with Crippen LogP contribution in [0.15, 0.2) is 0 Å². The summed E-state index contributed by atoms with van der Waals surface area (Å²) in [5.41, 5.74) is 0. The van der Waals surface area contributed by atoms with Gasteiger partial charge in [-0.15, -0.1) is 0 Å². The minimum absolute atomic E-state index is 0.818. The molecule has 4 aliphatic heterocycles. The molecule has 0 aromatic heterocycles. The van der Waals surface area contributed by atoms with Crippen LogP contribution in [0.2, 0.25) is 0 Å². The Hall–Kier alpha value is -0.200. The van der Waals surface area contributed by atoms with Gasteiger partial charge in [0.15, 0.2) is 0 Å². The highest BCUT2D eigenvalue weighted by atomic mass is 15.2. The Morgan fingerprint density at radius 3 is 0.800 bits per heavy atom. The Morgan fingerprint density at radius 2 is 0.550 bits per heavy atom.